The van der Waals surface area contributed by atoms with Crippen molar-refractivity contribution < 1.29 is 4.79 Å². The van der Waals surface area contributed by atoms with Crippen LogP contribution in [0.1, 0.15) is 44.6 Å². The molecule has 20 heavy (non-hydrogen) atoms. The van der Waals surface area contributed by atoms with Gasteiger partial charge in [0.25, 0.3) is 0 Å². The Morgan fingerprint density at radius 3 is 2.65 bits per heavy atom. The molecule has 0 unspecified atom stereocenters. The molecule has 1 aromatic carbocycles. The van der Waals surface area contributed by atoms with Crippen molar-refractivity contribution in [2.24, 2.45) is 0 Å². The third kappa shape index (κ3) is 6.92. The quantitative estimate of drug-likeness (QED) is 0.672. The molecule has 0 bridgehead atoms. The van der Waals surface area contributed by atoms with Crippen molar-refractivity contribution in [2.75, 3.05) is 18.4 Å². The van der Waals surface area contributed by atoms with Gasteiger partial charge in [0.05, 0.1) is 6.54 Å². The molecule has 1 amide bonds. The summed E-state index contributed by atoms with van der Waals surface area (Å²) in [7, 11) is 0. The average molecular weight is 297 g/mol. The number of amides is 1. The molecule has 2 N–H and O–H groups in total. The number of hydrogen-bond acceptors (Lipinski definition) is 2. The monoisotopic (exact) mass is 296 g/mol. The van der Waals surface area contributed by atoms with Crippen LogP contribution in [-0.2, 0) is 4.79 Å². The Kier molecular flexibility index (Phi) is 8.31. The molecule has 0 fully saturated rings. The summed E-state index contributed by atoms with van der Waals surface area (Å²) in [6.45, 7) is 5.39. The highest BCUT2D eigenvalue weighted by Crippen LogP contribution is 2.19. The van der Waals surface area contributed by atoms with E-state index in [1.807, 2.05) is 19.1 Å². The van der Waals surface area contributed by atoms with Gasteiger partial charge in [0.2, 0.25) is 5.91 Å². The minimum atomic E-state index is -0.0292. The zero-order valence-electron chi connectivity index (χ0n) is 12.5. The molecule has 1 rings (SSSR count). The lowest BCUT2D eigenvalue weighted by molar-refractivity contribution is -0.115. The maximum atomic E-state index is 11.7. The molecule has 0 saturated carbocycles. The molecule has 0 aliphatic carbocycles. The van der Waals surface area contributed by atoms with Crippen LogP contribution in [0.5, 0.6) is 0 Å². The summed E-state index contributed by atoms with van der Waals surface area (Å²) in [6.07, 6.45) is 6.20. The van der Waals surface area contributed by atoms with Crippen molar-refractivity contribution in [2.45, 2.75) is 46.0 Å². The van der Waals surface area contributed by atoms with Gasteiger partial charge in [-0.1, -0.05) is 50.3 Å². The number of nitrogens with one attached hydrogen (secondary N) is 2. The first-order chi connectivity index (χ1) is 9.63. The first-order valence-electron chi connectivity index (χ1n) is 7.40. The number of unbranched alkanes of at least 4 members (excludes halogenated alkanes) is 4. The number of aryl methyl sites for hydroxylation is 1. The highest BCUT2D eigenvalue weighted by Gasteiger charge is 2.03. The molecule has 0 aliphatic heterocycles. The van der Waals surface area contributed by atoms with Gasteiger partial charge in [0, 0.05) is 10.7 Å². The van der Waals surface area contributed by atoms with Crippen LogP contribution in [0.2, 0.25) is 5.02 Å². The van der Waals surface area contributed by atoms with Gasteiger partial charge in [-0.25, -0.2) is 0 Å². The molecule has 1 aromatic rings. The predicted molar refractivity (Wildman–Crippen MR) is 86.4 cm³/mol. The number of carbonyl (C=O) groups excluding carboxylic acids is 1. The van der Waals surface area contributed by atoms with E-state index in [1.54, 1.807) is 6.07 Å². The third-order valence-corrected chi connectivity index (χ3v) is 3.61. The van der Waals surface area contributed by atoms with Crippen LogP contribution in [0, 0.1) is 6.92 Å². The van der Waals surface area contributed by atoms with Crippen LogP contribution in [0.3, 0.4) is 0 Å². The fourth-order valence-electron chi connectivity index (χ4n) is 1.93. The standard InChI is InChI=1S/C16H25ClN2O/c1-3-4-5-6-7-10-18-12-16(20)19-14-9-8-13(2)15(17)11-14/h8-9,11,18H,3-7,10,12H2,1-2H3,(H,19,20). The van der Waals surface area contributed by atoms with Crippen LogP contribution in [0.25, 0.3) is 0 Å². The van der Waals surface area contributed by atoms with Crippen molar-refractivity contribution in [1.82, 2.24) is 5.32 Å². The van der Waals surface area contributed by atoms with Gasteiger partial charge in [-0.05, 0) is 37.6 Å². The second-order valence-electron chi connectivity index (χ2n) is 5.10. The number of anilines is 1. The second kappa shape index (κ2) is 9.78. The molecule has 0 aliphatic rings. The highest BCUT2D eigenvalue weighted by atomic mass is 35.5. The van der Waals surface area contributed by atoms with Gasteiger partial charge in [-0.3, -0.25) is 4.79 Å². The summed E-state index contributed by atoms with van der Waals surface area (Å²) in [5.41, 5.74) is 1.75. The van der Waals surface area contributed by atoms with E-state index in [1.165, 1.54) is 25.7 Å². The van der Waals surface area contributed by atoms with Crippen LogP contribution in [0.15, 0.2) is 18.2 Å². The van der Waals surface area contributed by atoms with E-state index in [0.29, 0.717) is 11.6 Å². The molecule has 0 heterocycles. The predicted octanol–water partition coefficient (Wildman–Crippen LogP) is 4.15. The number of carbonyl (C=O) groups is 1. The fourth-order valence-corrected chi connectivity index (χ4v) is 2.11. The summed E-state index contributed by atoms with van der Waals surface area (Å²) in [5.74, 6) is -0.0292. The molecule has 0 aromatic heterocycles. The van der Waals surface area contributed by atoms with E-state index in [-0.39, 0.29) is 5.91 Å². The van der Waals surface area contributed by atoms with Crippen molar-refractivity contribution in [3.8, 4) is 0 Å². The zero-order valence-corrected chi connectivity index (χ0v) is 13.2. The largest absolute Gasteiger partial charge is 0.325 e. The zero-order chi connectivity index (χ0) is 14.8. The third-order valence-electron chi connectivity index (χ3n) is 3.20. The molecule has 0 radical (unpaired) electrons. The first kappa shape index (κ1) is 17.0. The molecular weight excluding hydrogens is 272 g/mol. The van der Waals surface area contributed by atoms with Crippen LogP contribution in [0.4, 0.5) is 5.69 Å². The number of halogens is 1. The smallest absolute Gasteiger partial charge is 0.238 e. The van der Waals surface area contributed by atoms with Gasteiger partial charge >= 0.3 is 0 Å². The van der Waals surface area contributed by atoms with E-state index in [4.69, 9.17) is 11.6 Å². The molecular formula is C16H25ClN2O. The molecule has 3 nitrogen and oxygen atoms in total. The Balaban J connectivity index is 2.15. The van der Waals surface area contributed by atoms with Gasteiger partial charge in [0.15, 0.2) is 0 Å². The summed E-state index contributed by atoms with van der Waals surface area (Å²) in [5, 5.41) is 6.67. The topological polar surface area (TPSA) is 41.1 Å². The summed E-state index contributed by atoms with van der Waals surface area (Å²) in [4.78, 5) is 11.7. The van der Waals surface area contributed by atoms with E-state index in [9.17, 15) is 4.79 Å². The second-order valence-corrected chi connectivity index (χ2v) is 5.51. The van der Waals surface area contributed by atoms with Gasteiger partial charge in [-0.15, -0.1) is 0 Å². The fraction of sp³-hybridized carbons (Fsp3) is 0.562. The lowest BCUT2D eigenvalue weighted by atomic mass is 10.1. The summed E-state index contributed by atoms with van der Waals surface area (Å²) < 4.78 is 0. The molecule has 0 spiro atoms. The van der Waals surface area contributed by atoms with Gasteiger partial charge < -0.3 is 10.6 Å². The SMILES string of the molecule is CCCCCCCNCC(=O)Nc1ccc(C)c(Cl)c1. The van der Waals surface area contributed by atoms with Gasteiger partial charge in [0.1, 0.15) is 0 Å². The van der Waals surface area contributed by atoms with Crippen molar-refractivity contribution in [3.63, 3.8) is 0 Å². The molecule has 112 valence electrons. The lowest BCUT2D eigenvalue weighted by Gasteiger charge is -2.08. The van der Waals surface area contributed by atoms with E-state index >= 15 is 0 Å². The minimum absolute atomic E-state index is 0.0292. The summed E-state index contributed by atoms with van der Waals surface area (Å²) in [6, 6.07) is 5.54. The maximum absolute atomic E-state index is 11.7. The Morgan fingerprint density at radius 2 is 1.95 bits per heavy atom. The summed E-state index contributed by atoms with van der Waals surface area (Å²) >= 11 is 6.02. The van der Waals surface area contributed by atoms with Crippen molar-refractivity contribution in [3.05, 3.63) is 28.8 Å². The Morgan fingerprint density at radius 1 is 1.20 bits per heavy atom. The number of hydrogen-bond donors (Lipinski definition) is 2. The molecule has 0 atom stereocenters. The van der Waals surface area contributed by atoms with E-state index in [2.05, 4.69) is 17.6 Å². The van der Waals surface area contributed by atoms with Crippen LogP contribution >= 0.6 is 11.6 Å². The maximum Gasteiger partial charge on any atom is 0.238 e. The van der Waals surface area contributed by atoms with E-state index in [0.717, 1.165) is 24.2 Å². The van der Waals surface area contributed by atoms with E-state index < -0.39 is 0 Å². The Hall–Kier alpha value is -1.06. The number of rotatable bonds is 9. The van der Waals surface area contributed by atoms with Crippen LogP contribution < -0.4 is 10.6 Å². The minimum Gasteiger partial charge on any atom is -0.325 e. The lowest BCUT2D eigenvalue weighted by Crippen LogP contribution is -2.28. The van der Waals surface area contributed by atoms with Gasteiger partial charge in [-0.2, -0.15) is 0 Å². The molecule has 4 heteroatoms. The van der Waals surface area contributed by atoms with Crippen LogP contribution in [-0.4, -0.2) is 19.0 Å². The highest BCUT2D eigenvalue weighted by molar-refractivity contribution is 6.31. The Bertz CT molecular complexity index is 421. The Labute approximate surface area is 127 Å². The van der Waals surface area contributed by atoms with Crippen molar-refractivity contribution in [1.29, 1.82) is 0 Å². The number of benzene rings is 1. The first-order valence-corrected chi connectivity index (χ1v) is 7.78. The molecule has 0 saturated heterocycles. The van der Waals surface area contributed by atoms with Crippen molar-refractivity contribution >= 4 is 23.2 Å². The normalized spacial score (nSPS) is 10.6. The average Bonchev–Trinajstić information content (AvgIpc) is 2.42.